The third-order valence-corrected chi connectivity index (χ3v) is 6.17. The van der Waals surface area contributed by atoms with Crippen LogP contribution in [-0.4, -0.2) is 43.8 Å². The van der Waals surface area contributed by atoms with Crippen LogP contribution in [0.4, 0.5) is 5.69 Å². The Morgan fingerprint density at radius 3 is 2.47 bits per heavy atom. The van der Waals surface area contributed by atoms with Crippen LogP contribution in [-0.2, 0) is 17.8 Å². The Hall–Kier alpha value is -2.67. The summed E-state index contributed by atoms with van der Waals surface area (Å²) in [4.78, 5) is 21.6. The van der Waals surface area contributed by atoms with Gasteiger partial charge < -0.3 is 15.1 Å². The molecule has 2 heterocycles. The van der Waals surface area contributed by atoms with Crippen molar-refractivity contribution >= 4 is 23.0 Å². The molecule has 5 nitrogen and oxygen atoms in total. The Morgan fingerprint density at radius 2 is 1.70 bits per heavy atom. The number of para-hydroxylation sites is 1. The van der Waals surface area contributed by atoms with Crippen molar-refractivity contribution < 1.29 is 9.63 Å². The van der Waals surface area contributed by atoms with Gasteiger partial charge >= 0.3 is 5.97 Å². The van der Waals surface area contributed by atoms with Gasteiger partial charge in [-0.2, -0.15) is 0 Å². The van der Waals surface area contributed by atoms with Crippen LogP contribution in [0.2, 0.25) is 0 Å². The largest absolute Gasteiger partial charge is 0.368 e. The summed E-state index contributed by atoms with van der Waals surface area (Å²) >= 11 is 1.81. The van der Waals surface area contributed by atoms with Gasteiger partial charge in [0.15, 0.2) is 0 Å². The Balaban J connectivity index is 1.27. The number of anilines is 1. The van der Waals surface area contributed by atoms with Crippen molar-refractivity contribution in [3.8, 4) is 0 Å². The van der Waals surface area contributed by atoms with Crippen molar-refractivity contribution in [3.63, 3.8) is 0 Å². The average molecular weight is 422 g/mol. The highest BCUT2D eigenvalue weighted by Gasteiger charge is 2.22. The maximum Gasteiger partial charge on any atom is 0.357 e. The van der Waals surface area contributed by atoms with Crippen molar-refractivity contribution in [3.05, 3.63) is 88.1 Å². The van der Waals surface area contributed by atoms with Crippen molar-refractivity contribution in [1.29, 1.82) is 0 Å². The zero-order valence-electron chi connectivity index (χ0n) is 17.0. The van der Waals surface area contributed by atoms with Gasteiger partial charge in [0.1, 0.15) is 0 Å². The quantitative estimate of drug-likeness (QED) is 0.558. The van der Waals surface area contributed by atoms with E-state index >= 15 is 0 Å². The second-order valence-corrected chi connectivity index (χ2v) is 8.33. The maximum absolute atomic E-state index is 12.3. The second-order valence-electron chi connectivity index (χ2n) is 7.30. The first-order chi connectivity index (χ1) is 14.8. The molecule has 156 valence electrons. The van der Waals surface area contributed by atoms with Crippen LogP contribution < -0.4 is 10.2 Å². The third kappa shape index (κ3) is 5.48. The summed E-state index contributed by atoms with van der Waals surface area (Å²) in [6, 6.07) is 22.0. The van der Waals surface area contributed by atoms with E-state index < -0.39 is 0 Å². The molecule has 0 radical (unpaired) electrons. The van der Waals surface area contributed by atoms with Crippen LogP contribution in [0.3, 0.4) is 0 Å². The van der Waals surface area contributed by atoms with Crippen LogP contribution in [0.1, 0.15) is 20.8 Å². The van der Waals surface area contributed by atoms with E-state index in [4.69, 9.17) is 4.84 Å². The molecule has 2 aromatic carbocycles. The number of carbonyl (C=O) groups excluding carboxylic acids is 1. The number of nitrogens with zero attached hydrogens (tertiary/aromatic N) is 2. The summed E-state index contributed by atoms with van der Waals surface area (Å²) in [6.07, 6.45) is 1.06. The van der Waals surface area contributed by atoms with E-state index in [9.17, 15) is 4.79 Å². The molecule has 1 aliphatic heterocycles. The minimum absolute atomic E-state index is 0.292. The lowest BCUT2D eigenvalue weighted by Gasteiger charge is -2.35. The van der Waals surface area contributed by atoms with E-state index in [1.54, 1.807) is 17.2 Å². The maximum atomic E-state index is 12.3. The van der Waals surface area contributed by atoms with Crippen LogP contribution in [0.15, 0.2) is 72.1 Å². The molecular weight excluding hydrogens is 394 g/mol. The van der Waals surface area contributed by atoms with Crippen LogP contribution in [0, 0.1) is 0 Å². The highest BCUT2D eigenvalue weighted by atomic mass is 32.1. The molecule has 1 N–H and O–H groups in total. The summed E-state index contributed by atoms with van der Waals surface area (Å²) in [5.74, 6) is -0.292. The topological polar surface area (TPSA) is 44.8 Å². The van der Waals surface area contributed by atoms with E-state index in [1.165, 1.54) is 16.1 Å². The smallest absolute Gasteiger partial charge is 0.357 e. The number of nitrogens with one attached hydrogen (secondary N) is 1. The summed E-state index contributed by atoms with van der Waals surface area (Å²) < 4.78 is 0. The minimum atomic E-state index is -0.292. The zero-order chi connectivity index (χ0) is 20.6. The van der Waals surface area contributed by atoms with Crippen LogP contribution in [0.25, 0.3) is 0 Å². The first-order valence-corrected chi connectivity index (χ1v) is 11.3. The summed E-state index contributed by atoms with van der Waals surface area (Å²) in [6.45, 7) is 4.86. The number of thiophene rings is 1. The number of rotatable bonds is 8. The normalized spacial score (nSPS) is 14.6. The molecule has 6 heteroatoms. The molecule has 0 atom stereocenters. The monoisotopic (exact) mass is 421 g/mol. The van der Waals surface area contributed by atoms with Gasteiger partial charge in [-0.25, -0.2) is 4.79 Å². The lowest BCUT2D eigenvalue weighted by atomic mass is 10.1. The van der Waals surface area contributed by atoms with Gasteiger partial charge in [-0.05, 0) is 41.6 Å². The predicted octanol–water partition coefficient (Wildman–Crippen LogP) is 3.97. The Labute approximate surface area is 181 Å². The van der Waals surface area contributed by atoms with Gasteiger partial charge in [0.2, 0.25) is 0 Å². The third-order valence-electron chi connectivity index (χ3n) is 5.24. The van der Waals surface area contributed by atoms with E-state index in [0.29, 0.717) is 18.7 Å². The predicted molar refractivity (Wildman–Crippen MR) is 122 cm³/mol. The second kappa shape index (κ2) is 10.4. The van der Waals surface area contributed by atoms with E-state index in [2.05, 4.69) is 52.0 Å². The number of benzene rings is 2. The Morgan fingerprint density at radius 1 is 0.933 bits per heavy atom. The molecule has 0 aliphatic carbocycles. The molecule has 1 aliphatic rings. The highest BCUT2D eigenvalue weighted by molar-refractivity contribution is 7.09. The van der Waals surface area contributed by atoms with Crippen molar-refractivity contribution in [2.75, 3.05) is 37.6 Å². The molecule has 30 heavy (non-hydrogen) atoms. The molecule has 1 saturated heterocycles. The molecule has 3 aromatic rings. The molecule has 0 saturated carbocycles. The fraction of sp³-hybridized carbons (Fsp3) is 0.292. The summed E-state index contributed by atoms with van der Waals surface area (Å²) in [7, 11) is 0. The SMILES string of the molecule is O=C(ON1CCN(c2ccccc2CNCCc2cccs2)CC1)c1ccccc1. The number of carbonyl (C=O) groups is 1. The molecule has 0 amide bonds. The van der Waals surface area contributed by atoms with Gasteiger partial charge in [-0.1, -0.05) is 42.5 Å². The van der Waals surface area contributed by atoms with Gasteiger partial charge in [-0.3, -0.25) is 0 Å². The summed E-state index contributed by atoms with van der Waals surface area (Å²) in [5.41, 5.74) is 3.15. The van der Waals surface area contributed by atoms with Gasteiger partial charge in [0.05, 0.1) is 18.7 Å². The molecule has 1 fully saturated rings. The number of hydrogen-bond acceptors (Lipinski definition) is 6. The number of hydrogen-bond donors (Lipinski definition) is 1. The van der Waals surface area contributed by atoms with Crippen molar-refractivity contribution in [1.82, 2.24) is 10.4 Å². The first kappa shape index (κ1) is 20.6. The molecule has 0 bridgehead atoms. The van der Waals surface area contributed by atoms with E-state index in [1.807, 2.05) is 29.5 Å². The zero-order valence-corrected chi connectivity index (χ0v) is 17.8. The molecule has 0 unspecified atom stereocenters. The molecular formula is C24H27N3O2S. The first-order valence-electron chi connectivity index (χ1n) is 10.4. The van der Waals surface area contributed by atoms with E-state index in [-0.39, 0.29) is 5.97 Å². The van der Waals surface area contributed by atoms with Crippen LogP contribution >= 0.6 is 11.3 Å². The van der Waals surface area contributed by atoms with Crippen molar-refractivity contribution in [2.24, 2.45) is 0 Å². The van der Waals surface area contributed by atoms with Crippen molar-refractivity contribution in [2.45, 2.75) is 13.0 Å². The number of piperazine rings is 1. The van der Waals surface area contributed by atoms with Crippen LogP contribution in [0.5, 0.6) is 0 Å². The van der Waals surface area contributed by atoms with Gasteiger partial charge in [0, 0.05) is 36.7 Å². The number of hydroxylamine groups is 2. The lowest BCUT2D eigenvalue weighted by Crippen LogP contribution is -2.47. The summed E-state index contributed by atoms with van der Waals surface area (Å²) in [5, 5.41) is 7.47. The molecule has 0 spiro atoms. The average Bonchev–Trinajstić information content (AvgIpc) is 3.32. The Kier molecular flexibility index (Phi) is 7.13. The highest BCUT2D eigenvalue weighted by Crippen LogP contribution is 2.22. The molecule has 1 aromatic heterocycles. The fourth-order valence-corrected chi connectivity index (χ4v) is 4.33. The fourth-order valence-electron chi connectivity index (χ4n) is 3.62. The standard InChI is InChI=1S/C24H27N3O2S/c28-24(20-7-2-1-3-8-20)29-27-16-14-26(15-17-27)23-11-5-4-9-21(23)19-25-13-12-22-10-6-18-30-22/h1-11,18,25H,12-17,19H2. The minimum Gasteiger partial charge on any atom is -0.368 e. The van der Waals surface area contributed by atoms with Gasteiger partial charge in [-0.15, -0.1) is 16.4 Å². The Bertz CT molecular complexity index is 923. The molecule has 4 rings (SSSR count). The van der Waals surface area contributed by atoms with E-state index in [0.717, 1.165) is 32.6 Å². The van der Waals surface area contributed by atoms with Gasteiger partial charge in [0.25, 0.3) is 0 Å². The lowest BCUT2D eigenvalue weighted by molar-refractivity contribution is -0.112.